The molecule has 1 aromatic carbocycles. The third-order valence-electron chi connectivity index (χ3n) is 5.60. The van der Waals surface area contributed by atoms with Gasteiger partial charge in [-0.1, -0.05) is 37.5 Å². The summed E-state index contributed by atoms with van der Waals surface area (Å²) in [5, 5.41) is 8.89. The Hall–Kier alpha value is -1.15. The van der Waals surface area contributed by atoms with Crippen molar-refractivity contribution in [2.75, 3.05) is 13.2 Å². The van der Waals surface area contributed by atoms with E-state index in [1.54, 1.807) is 16.8 Å². The lowest BCUT2D eigenvalue weighted by atomic mass is 9.75. The highest BCUT2D eigenvalue weighted by atomic mass is 16.2. The lowest BCUT2D eigenvalue weighted by Crippen LogP contribution is -2.30. The molecule has 114 valence electrons. The molecule has 1 N–H and O–H groups in total. The van der Waals surface area contributed by atoms with Crippen molar-refractivity contribution in [1.82, 2.24) is 0 Å². The third kappa shape index (κ3) is 2.44. The molecule has 0 bridgehead atoms. The van der Waals surface area contributed by atoms with Crippen LogP contribution in [-0.4, -0.2) is 28.5 Å². The molecular weight excluding hydrogens is 258 g/mol. The van der Waals surface area contributed by atoms with Crippen molar-refractivity contribution in [3.8, 4) is 0 Å². The predicted octanol–water partition coefficient (Wildman–Crippen LogP) is 3.95. The summed E-state index contributed by atoms with van der Waals surface area (Å²) in [5.74, 6) is 0. The van der Waals surface area contributed by atoms with E-state index in [2.05, 4.69) is 36.6 Å². The molecule has 1 aromatic rings. The Labute approximate surface area is 128 Å². The van der Waals surface area contributed by atoms with Crippen molar-refractivity contribution in [2.45, 2.75) is 64.2 Å². The number of hydrogen-bond donors (Lipinski definition) is 1. The third-order valence-corrected chi connectivity index (χ3v) is 5.60. The Bertz CT molecular complexity index is 561. The normalized spacial score (nSPS) is 23.6. The summed E-state index contributed by atoms with van der Waals surface area (Å²) in [4.78, 5) is 0. The standard InChI is InChI=1S/C19H28NO/c1-15-19(2,12-5-3-4-6-14-21)17-11-7-9-16-10-8-13-20(15)18(16)17/h7,9,11,21H,3-6,8,10,12-14H2,1-2H3/q+1. The van der Waals surface area contributed by atoms with E-state index in [0.29, 0.717) is 6.61 Å². The highest BCUT2D eigenvalue weighted by molar-refractivity contribution is 5.94. The molecule has 0 saturated heterocycles. The molecule has 1 unspecified atom stereocenters. The number of aliphatic hydroxyl groups excluding tert-OH is 1. The molecule has 2 aliphatic rings. The van der Waals surface area contributed by atoms with Crippen LogP contribution in [0.25, 0.3) is 0 Å². The van der Waals surface area contributed by atoms with Gasteiger partial charge in [0.15, 0.2) is 5.71 Å². The van der Waals surface area contributed by atoms with Crippen LogP contribution in [0.4, 0.5) is 5.69 Å². The van der Waals surface area contributed by atoms with Gasteiger partial charge in [-0.25, -0.2) is 0 Å². The molecule has 0 saturated carbocycles. The molecule has 2 heterocycles. The smallest absolute Gasteiger partial charge is 0.212 e. The number of benzene rings is 1. The van der Waals surface area contributed by atoms with Crippen LogP contribution >= 0.6 is 0 Å². The summed E-state index contributed by atoms with van der Waals surface area (Å²) in [6, 6.07) is 6.91. The Balaban J connectivity index is 1.83. The maximum atomic E-state index is 8.89. The van der Waals surface area contributed by atoms with Gasteiger partial charge < -0.3 is 5.11 Å². The summed E-state index contributed by atoms with van der Waals surface area (Å²) in [7, 11) is 0. The second-order valence-corrected chi connectivity index (χ2v) is 6.87. The minimum atomic E-state index is 0.217. The van der Waals surface area contributed by atoms with E-state index in [1.165, 1.54) is 44.3 Å². The average Bonchev–Trinajstić information content (AvgIpc) is 2.72. The van der Waals surface area contributed by atoms with E-state index >= 15 is 0 Å². The molecule has 1 atom stereocenters. The van der Waals surface area contributed by atoms with E-state index in [4.69, 9.17) is 5.11 Å². The van der Waals surface area contributed by atoms with Gasteiger partial charge in [0.2, 0.25) is 5.69 Å². The molecule has 0 spiro atoms. The fourth-order valence-corrected chi connectivity index (χ4v) is 4.18. The monoisotopic (exact) mass is 286 g/mol. The van der Waals surface area contributed by atoms with E-state index in [9.17, 15) is 0 Å². The second kappa shape index (κ2) is 5.92. The largest absolute Gasteiger partial charge is 0.396 e. The van der Waals surface area contributed by atoms with Crippen LogP contribution in [0.2, 0.25) is 0 Å². The molecule has 0 aromatic heterocycles. The van der Waals surface area contributed by atoms with Gasteiger partial charge in [0.25, 0.3) is 0 Å². The van der Waals surface area contributed by atoms with Gasteiger partial charge >= 0.3 is 0 Å². The van der Waals surface area contributed by atoms with Gasteiger partial charge in [-0.15, -0.1) is 0 Å². The van der Waals surface area contributed by atoms with E-state index in [0.717, 1.165) is 12.8 Å². The zero-order chi connectivity index (χ0) is 14.9. The SMILES string of the molecule is CC1=[N+]2CCCc3cccc(c32)C1(C)CCCCCCO. The van der Waals surface area contributed by atoms with Gasteiger partial charge in [0, 0.05) is 31.1 Å². The summed E-state index contributed by atoms with van der Waals surface area (Å²) in [6.45, 7) is 6.30. The van der Waals surface area contributed by atoms with E-state index < -0.39 is 0 Å². The van der Waals surface area contributed by atoms with E-state index in [-0.39, 0.29) is 5.41 Å². The minimum absolute atomic E-state index is 0.217. The summed E-state index contributed by atoms with van der Waals surface area (Å²) >= 11 is 0. The Morgan fingerprint density at radius 2 is 2.00 bits per heavy atom. The van der Waals surface area contributed by atoms with Crippen LogP contribution in [0.3, 0.4) is 0 Å². The van der Waals surface area contributed by atoms with Gasteiger partial charge in [-0.3, -0.25) is 0 Å². The van der Waals surface area contributed by atoms with Crippen molar-refractivity contribution in [2.24, 2.45) is 0 Å². The predicted molar refractivity (Wildman–Crippen MR) is 87.8 cm³/mol. The summed E-state index contributed by atoms with van der Waals surface area (Å²) in [5.41, 5.74) is 6.39. The fourth-order valence-electron chi connectivity index (χ4n) is 4.18. The van der Waals surface area contributed by atoms with Gasteiger partial charge in [0.05, 0.1) is 5.41 Å². The molecule has 2 nitrogen and oxygen atoms in total. The maximum absolute atomic E-state index is 8.89. The first-order chi connectivity index (χ1) is 10.2. The number of rotatable bonds is 6. The Morgan fingerprint density at radius 3 is 2.81 bits per heavy atom. The molecule has 21 heavy (non-hydrogen) atoms. The van der Waals surface area contributed by atoms with Gasteiger partial charge in [-0.05, 0) is 26.2 Å². The number of nitrogens with zero attached hydrogens (tertiary/aromatic N) is 1. The first kappa shape index (κ1) is 14.8. The zero-order valence-corrected chi connectivity index (χ0v) is 13.5. The van der Waals surface area contributed by atoms with Crippen LogP contribution in [0.5, 0.6) is 0 Å². The lowest BCUT2D eigenvalue weighted by molar-refractivity contribution is -0.444. The molecule has 2 aliphatic heterocycles. The molecule has 0 amide bonds. The highest BCUT2D eigenvalue weighted by Crippen LogP contribution is 2.46. The van der Waals surface area contributed by atoms with Gasteiger partial charge in [0.1, 0.15) is 6.54 Å². The van der Waals surface area contributed by atoms with Crippen LogP contribution in [-0.2, 0) is 11.8 Å². The Morgan fingerprint density at radius 1 is 1.19 bits per heavy atom. The average molecular weight is 286 g/mol. The van der Waals surface area contributed by atoms with Crippen molar-refractivity contribution < 1.29 is 9.68 Å². The number of unbranched alkanes of at least 4 members (excludes halogenated alkanes) is 3. The topological polar surface area (TPSA) is 23.2 Å². The highest BCUT2D eigenvalue weighted by Gasteiger charge is 2.47. The fraction of sp³-hybridized carbons (Fsp3) is 0.632. The quantitative estimate of drug-likeness (QED) is 0.621. The molecule has 0 aliphatic carbocycles. The van der Waals surface area contributed by atoms with Gasteiger partial charge in [-0.2, -0.15) is 4.58 Å². The molecule has 0 fully saturated rings. The van der Waals surface area contributed by atoms with Crippen molar-refractivity contribution in [1.29, 1.82) is 0 Å². The zero-order valence-electron chi connectivity index (χ0n) is 13.5. The first-order valence-electron chi connectivity index (χ1n) is 8.53. The molecule has 0 radical (unpaired) electrons. The van der Waals surface area contributed by atoms with Crippen LogP contribution in [0.15, 0.2) is 18.2 Å². The first-order valence-corrected chi connectivity index (χ1v) is 8.53. The number of aryl methyl sites for hydroxylation is 1. The molecular formula is C19H28NO+. The Kier molecular flexibility index (Phi) is 4.17. The van der Waals surface area contributed by atoms with Crippen LogP contribution in [0, 0.1) is 0 Å². The molecule has 3 rings (SSSR count). The summed E-state index contributed by atoms with van der Waals surface area (Å²) < 4.78 is 2.59. The number of para-hydroxylation sites is 1. The number of aliphatic hydroxyl groups is 1. The van der Waals surface area contributed by atoms with E-state index in [1.807, 2.05) is 0 Å². The van der Waals surface area contributed by atoms with Crippen molar-refractivity contribution in [3.63, 3.8) is 0 Å². The number of hydrogen-bond acceptors (Lipinski definition) is 1. The van der Waals surface area contributed by atoms with Crippen molar-refractivity contribution in [3.05, 3.63) is 29.3 Å². The second-order valence-electron chi connectivity index (χ2n) is 6.87. The van der Waals surface area contributed by atoms with Crippen LogP contribution in [0.1, 0.15) is 63.5 Å². The minimum Gasteiger partial charge on any atom is -0.396 e. The van der Waals surface area contributed by atoms with Crippen molar-refractivity contribution >= 4 is 11.4 Å². The van der Waals surface area contributed by atoms with Crippen LogP contribution < -0.4 is 0 Å². The molecule has 2 heteroatoms. The lowest BCUT2D eigenvalue weighted by Gasteiger charge is -2.22. The maximum Gasteiger partial charge on any atom is 0.212 e. The summed E-state index contributed by atoms with van der Waals surface area (Å²) in [6.07, 6.45) is 8.34.